The maximum atomic E-state index is 11.1. The second kappa shape index (κ2) is 6.40. The second-order valence-electron chi connectivity index (χ2n) is 8.48. The van der Waals surface area contributed by atoms with E-state index in [0.29, 0.717) is 6.54 Å². The van der Waals surface area contributed by atoms with E-state index in [2.05, 4.69) is 41.1 Å². The maximum absolute atomic E-state index is 11.1. The molecular formula is C21H31N3O3. The van der Waals surface area contributed by atoms with Crippen molar-refractivity contribution in [1.82, 2.24) is 15.1 Å². The van der Waals surface area contributed by atoms with Gasteiger partial charge in [0.2, 0.25) is 0 Å². The number of hydrogen-bond donors (Lipinski definition) is 2. The van der Waals surface area contributed by atoms with Gasteiger partial charge in [0.05, 0.1) is 19.8 Å². The number of nitrogens with zero attached hydrogens (tertiary/aromatic N) is 2. The van der Waals surface area contributed by atoms with Crippen LogP contribution < -0.4 is 14.8 Å². The molecule has 0 saturated carbocycles. The molecule has 6 heteroatoms. The summed E-state index contributed by atoms with van der Waals surface area (Å²) in [6, 6.07) is 4.04. The Morgan fingerprint density at radius 3 is 2.48 bits per heavy atom. The number of aliphatic hydroxyl groups is 1. The van der Waals surface area contributed by atoms with Crippen LogP contribution in [-0.2, 0) is 12.0 Å². The molecule has 27 heavy (non-hydrogen) atoms. The first-order chi connectivity index (χ1) is 12.8. The number of piperidine rings is 1. The Morgan fingerprint density at radius 2 is 1.85 bits per heavy atom. The molecule has 0 aliphatic carbocycles. The molecule has 3 aliphatic rings. The van der Waals surface area contributed by atoms with Crippen LogP contribution in [0.2, 0.25) is 0 Å². The topological polar surface area (TPSA) is 57.2 Å². The molecular weight excluding hydrogens is 342 g/mol. The average molecular weight is 373 g/mol. The van der Waals surface area contributed by atoms with E-state index in [4.69, 9.17) is 9.47 Å². The summed E-state index contributed by atoms with van der Waals surface area (Å²) >= 11 is 0. The van der Waals surface area contributed by atoms with Gasteiger partial charge in [-0.05, 0) is 44.6 Å². The lowest BCUT2D eigenvalue weighted by molar-refractivity contribution is -0.0698. The molecule has 0 amide bonds. The summed E-state index contributed by atoms with van der Waals surface area (Å²) in [5, 5.41) is 14.6. The Labute approximate surface area is 161 Å². The number of likely N-dealkylation sites (N-methyl/N-ethyl adjacent to an activating group) is 1. The van der Waals surface area contributed by atoms with Gasteiger partial charge in [-0.3, -0.25) is 4.90 Å². The number of rotatable bonds is 2. The third kappa shape index (κ3) is 2.65. The van der Waals surface area contributed by atoms with Crippen molar-refractivity contribution in [1.29, 1.82) is 0 Å². The molecule has 0 bridgehead atoms. The van der Waals surface area contributed by atoms with Gasteiger partial charge >= 0.3 is 0 Å². The highest BCUT2D eigenvalue weighted by atomic mass is 16.5. The Balaban J connectivity index is 1.90. The van der Waals surface area contributed by atoms with E-state index >= 15 is 0 Å². The van der Waals surface area contributed by atoms with Crippen molar-refractivity contribution in [3.63, 3.8) is 0 Å². The molecule has 2 N–H and O–H groups in total. The van der Waals surface area contributed by atoms with Crippen LogP contribution in [0.1, 0.15) is 37.8 Å². The van der Waals surface area contributed by atoms with Gasteiger partial charge in [-0.1, -0.05) is 19.9 Å². The van der Waals surface area contributed by atoms with Crippen LogP contribution in [0.15, 0.2) is 23.9 Å². The van der Waals surface area contributed by atoms with Crippen LogP contribution in [0.25, 0.3) is 0 Å². The number of ether oxygens (including phenoxy) is 2. The molecule has 1 aromatic rings. The number of fused-ring (bicyclic) bond motifs is 3. The summed E-state index contributed by atoms with van der Waals surface area (Å²) < 4.78 is 11.2. The van der Waals surface area contributed by atoms with Gasteiger partial charge < -0.3 is 24.8 Å². The van der Waals surface area contributed by atoms with Crippen molar-refractivity contribution >= 4 is 0 Å². The molecule has 3 aliphatic heterocycles. The van der Waals surface area contributed by atoms with Crippen LogP contribution >= 0.6 is 0 Å². The quantitative estimate of drug-likeness (QED) is 0.827. The number of allylic oxidation sites excluding steroid dienone is 1. The molecule has 1 atom stereocenters. The summed E-state index contributed by atoms with van der Waals surface area (Å²) in [7, 11) is 5.43. The van der Waals surface area contributed by atoms with Crippen LogP contribution in [-0.4, -0.2) is 61.2 Å². The van der Waals surface area contributed by atoms with Gasteiger partial charge in [-0.15, -0.1) is 0 Å². The van der Waals surface area contributed by atoms with Gasteiger partial charge in [-0.2, -0.15) is 0 Å². The number of hydrogen-bond acceptors (Lipinski definition) is 6. The lowest BCUT2D eigenvalue weighted by atomic mass is 9.77. The largest absolute Gasteiger partial charge is 0.497 e. The van der Waals surface area contributed by atoms with Crippen LogP contribution in [0, 0.1) is 0 Å². The van der Waals surface area contributed by atoms with E-state index in [1.807, 2.05) is 13.1 Å². The Kier molecular flexibility index (Phi) is 4.41. The molecule has 1 aromatic carbocycles. The highest BCUT2D eigenvalue weighted by molar-refractivity contribution is 5.54. The molecule has 148 valence electrons. The van der Waals surface area contributed by atoms with E-state index in [0.717, 1.165) is 43.0 Å². The fraction of sp³-hybridized carbons (Fsp3) is 0.619. The van der Waals surface area contributed by atoms with Gasteiger partial charge in [0.1, 0.15) is 11.5 Å². The molecule has 3 heterocycles. The lowest BCUT2D eigenvalue weighted by Crippen LogP contribution is -2.52. The van der Waals surface area contributed by atoms with Gasteiger partial charge in [-0.25, -0.2) is 0 Å². The Bertz CT molecular complexity index is 768. The minimum absolute atomic E-state index is 0.124. The van der Waals surface area contributed by atoms with E-state index < -0.39 is 6.35 Å². The summed E-state index contributed by atoms with van der Waals surface area (Å²) in [6.45, 7) is 7.03. The standard InChI is InChI=1S/C21H31N3O3/c1-20(2)12-17-21(6-8-22-9-7-21)23(3)19(25)24(17)13-14-10-15(26-4)11-16(27-5)18(14)20/h10-12,19,22,25H,6-9,13H2,1-5H3. The first kappa shape index (κ1) is 18.6. The first-order valence-electron chi connectivity index (χ1n) is 9.71. The first-order valence-corrected chi connectivity index (χ1v) is 9.71. The summed E-state index contributed by atoms with van der Waals surface area (Å²) in [5.74, 6) is 1.62. The van der Waals surface area contributed by atoms with E-state index in [1.54, 1.807) is 14.2 Å². The molecule has 0 aromatic heterocycles. The van der Waals surface area contributed by atoms with E-state index in [9.17, 15) is 5.11 Å². The maximum Gasteiger partial charge on any atom is 0.187 e. The number of aliphatic hydroxyl groups excluding tert-OH is 1. The smallest absolute Gasteiger partial charge is 0.187 e. The zero-order valence-electron chi connectivity index (χ0n) is 17.0. The van der Waals surface area contributed by atoms with Gasteiger partial charge in [0.25, 0.3) is 0 Å². The molecule has 4 rings (SSSR count). The van der Waals surface area contributed by atoms with Crippen LogP contribution in [0.4, 0.5) is 0 Å². The summed E-state index contributed by atoms with van der Waals surface area (Å²) in [4.78, 5) is 4.30. The highest BCUT2D eigenvalue weighted by Gasteiger charge is 2.53. The summed E-state index contributed by atoms with van der Waals surface area (Å²) in [6.07, 6.45) is 3.71. The SMILES string of the molecule is COc1cc2c(c(OC)c1)C(C)(C)C=C1N(C2)C(O)N(C)C12CCNCC2. The lowest BCUT2D eigenvalue weighted by Gasteiger charge is -2.40. The number of methoxy groups -OCH3 is 2. The highest BCUT2D eigenvalue weighted by Crippen LogP contribution is 2.50. The molecule has 0 radical (unpaired) electrons. The van der Waals surface area contributed by atoms with Crippen molar-refractivity contribution in [2.45, 2.75) is 50.5 Å². The van der Waals surface area contributed by atoms with Crippen LogP contribution in [0.3, 0.4) is 0 Å². The third-order valence-corrected chi connectivity index (χ3v) is 6.61. The van der Waals surface area contributed by atoms with Crippen molar-refractivity contribution in [2.24, 2.45) is 0 Å². The van der Waals surface area contributed by atoms with Crippen molar-refractivity contribution in [3.8, 4) is 11.5 Å². The predicted molar refractivity (Wildman–Crippen MR) is 105 cm³/mol. The van der Waals surface area contributed by atoms with E-state index in [-0.39, 0.29) is 11.0 Å². The monoisotopic (exact) mass is 373 g/mol. The zero-order chi connectivity index (χ0) is 19.4. The van der Waals surface area contributed by atoms with Crippen molar-refractivity contribution < 1.29 is 14.6 Å². The number of benzene rings is 1. The van der Waals surface area contributed by atoms with Crippen molar-refractivity contribution in [3.05, 3.63) is 35.0 Å². The minimum Gasteiger partial charge on any atom is -0.497 e. The fourth-order valence-corrected chi connectivity index (χ4v) is 5.21. The number of nitrogens with one attached hydrogen (secondary N) is 1. The van der Waals surface area contributed by atoms with Gasteiger partial charge in [0, 0.05) is 29.3 Å². The average Bonchev–Trinajstić information content (AvgIpc) is 2.78. The Morgan fingerprint density at radius 1 is 1.15 bits per heavy atom. The van der Waals surface area contributed by atoms with Crippen LogP contribution in [0.5, 0.6) is 11.5 Å². The Hall–Kier alpha value is -1.76. The normalized spacial score (nSPS) is 26.2. The predicted octanol–water partition coefficient (Wildman–Crippen LogP) is 2.02. The molecule has 6 nitrogen and oxygen atoms in total. The van der Waals surface area contributed by atoms with Gasteiger partial charge in [0.15, 0.2) is 6.35 Å². The van der Waals surface area contributed by atoms with E-state index in [1.165, 1.54) is 11.3 Å². The third-order valence-electron chi connectivity index (χ3n) is 6.61. The molecule has 2 fully saturated rings. The second-order valence-corrected chi connectivity index (χ2v) is 8.48. The molecule has 1 spiro atoms. The van der Waals surface area contributed by atoms with Crippen molar-refractivity contribution in [2.75, 3.05) is 34.4 Å². The fourth-order valence-electron chi connectivity index (χ4n) is 5.21. The molecule has 1 unspecified atom stereocenters. The summed E-state index contributed by atoms with van der Waals surface area (Å²) in [5.41, 5.74) is 3.20. The zero-order valence-corrected chi connectivity index (χ0v) is 17.0. The molecule has 2 saturated heterocycles. The minimum atomic E-state index is -0.631.